The minimum Gasteiger partial charge on any atom is -0.325 e. The first-order valence-corrected chi connectivity index (χ1v) is 7.67. The summed E-state index contributed by atoms with van der Waals surface area (Å²) in [6.45, 7) is 9.12. The number of hydrogen-bond donors (Lipinski definition) is 1. The molecule has 2 N–H and O–H groups in total. The summed E-state index contributed by atoms with van der Waals surface area (Å²) >= 11 is 0. The summed E-state index contributed by atoms with van der Waals surface area (Å²) in [5.74, 6) is 0.861. The van der Waals surface area contributed by atoms with Gasteiger partial charge in [0.1, 0.15) is 0 Å². The Hall–Kier alpha value is -0.820. The van der Waals surface area contributed by atoms with Crippen molar-refractivity contribution >= 4 is 0 Å². The van der Waals surface area contributed by atoms with Crippen LogP contribution in [0, 0.1) is 5.92 Å². The van der Waals surface area contributed by atoms with Crippen LogP contribution >= 0.6 is 0 Å². The second kappa shape index (κ2) is 5.28. The van der Waals surface area contributed by atoms with Crippen molar-refractivity contribution in [1.82, 2.24) is 0 Å². The van der Waals surface area contributed by atoms with Crippen molar-refractivity contribution in [3.05, 3.63) is 35.4 Å². The molecule has 2 rings (SSSR count). The van der Waals surface area contributed by atoms with E-state index in [1.54, 1.807) is 0 Å². The van der Waals surface area contributed by atoms with Gasteiger partial charge < -0.3 is 5.73 Å². The van der Waals surface area contributed by atoms with Crippen molar-refractivity contribution in [2.75, 3.05) is 0 Å². The Morgan fingerprint density at radius 1 is 1.11 bits per heavy atom. The van der Waals surface area contributed by atoms with Gasteiger partial charge in [0.15, 0.2) is 0 Å². The van der Waals surface area contributed by atoms with E-state index in [9.17, 15) is 0 Å². The molecule has 106 valence electrons. The van der Waals surface area contributed by atoms with Crippen molar-refractivity contribution in [2.45, 2.75) is 70.8 Å². The predicted octanol–water partition coefficient (Wildman–Crippen LogP) is 4.43. The van der Waals surface area contributed by atoms with Gasteiger partial charge in [-0.3, -0.25) is 0 Å². The van der Waals surface area contributed by atoms with Crippen molar-refractivity contribution in [1.29, 1.82) is 0 Å². The second-order valence-corrected chi connectivity index (χ2v) is 7.67. The highest BCUT2D eigenvalue weighted by molar-refractivity contribution is 5.28. The van der Waals surface area contributed by atoms with Gasteiger partial charge in [0, 0.05) is 5.54 Å². The summed E-state index contributed by atoms with van der Waals surface area (Å²) in [5, 5.41) is 0. The van der Waals surface area contributed by atoms with Gasteiger partial charge in [0.2, 0.25) is 0 Å². The molecule has 1 saturated carbocycles. The van der Waals surface area contributed by atoms with Crippen LogP contribution in [0.2, 0.25) is 0 Å². The van der Waals surface area contributed by atoms with Crippen LogP contribution in [0.5, 0.6) is 0 Å². The van der Waals surface area contributed by atoms with Crippen LogP contribution in [0.15, 0.2) is 24.3 Å². The molecule has 1 aliphatic carbocycles. The lowest BCUT2D eigenvalue weighted by Gasteiger charge is -2.36. The van der Waals surface area contributed by atoms with E-state index in [-0.39, 0.29) is 11.0 Å². The summed E-state index contributed by atoms with van der Waals surface area (Å²) in [6.07, 6.45) is 5.96. The van der Waals surface area contributed by atoms with E-state index in [2.05, 4.69) is 52.0 Å². The van der Waals surface area contributed by atoms with E-state index in [1.165, 1.54) is 36.8 Å². The third-order valence-electron chi connectivity index (χ3n) is 4.65. The van der Waals surface area contributed by atoms with E-state index < -0.39 is 0 Å². The lowest BCUT2D eigenvalue weighted by molar-refractivity contribution is 0.243. The normalized spacial score (nSPS) is 28.4. The molecule has 0 unspecified atom stereocenters. The highest BCUT2D eigenvalue weighted by Crippen LogP contribution is 2.33. The second-order valence-electron chi connectivity index (χ2n) is 7.67. The molecular weight excluding hydrogens is 230 g/mol. The Morgan fingerprint density at radius 2 is 1.63 bits per heavy atom. The Labute approximate surface area is 118 Å². The minimum absolute atomic E-state index is 0.0375. The Balaban J connectivity index is 2.03. The largest absolute Gasteiger partial charge is 0.325 e. The van der Waals surface area contributed by atoms with Crippen molar-refractivity contribution in [2.24, 2.45) is 11.7 Å². The first-order chi connectivity index (χ1) is 8.78. The molecule has 1 aliphatic rings. The zero-order valence-electron chi connectivity index (χ0n) is 13.0. The van der Waals surface area contributed by atoms with E-state index in [0.29, 0.717) is 0 Å². The summed E-state index contributed by atoms with van der Waals surface area (Å²) in [7, 11) is 0. The van der Waals surface area contributed by atoms with Crippen LogP contribution in [0.4, 0.5) is 0 Å². The van der Waals surface area contributed by atoms with E-state index in [4.69, 9.17) is 5.73 Å². The number of benzene rings is 1. The smallest absolute Gasteiger partial charge is 0.0195 e. The molecule has 0 radical (unpaired) electrons. The SMILES string of the molecule is CC1CCC(N)(Cc2ccc(C(C)(C)C)cc2)CC1. The fourth-order valence-corrected chi connectivity index (χ4v) is 3.04. The van der Waals surface area contributed by atoms with Gasteiger partial charge in [0.05, 0.1) is 0 Å². The molecule has 0 aromatic heterocycles. The highest BCUT2D eigenvalue weighted by Gasteiger charge is 2.30. The third-order valence-corrected chi connectivity index (χ3v) is 4.65. The summed E-state index contributed by atoms with van der Waals surface area (Å²) in [5.41, 5.74) is 9.65. The van der Waals surface area contributed by atoms with Gasteiger partial charge >= 0.3 is 0 Å². The van der Waals surface area contributed by atoms with Crippen molar-refractivity contribution in [3.63, 3.8) is 0 Å². The molecule has 1 fully saturated rings. The molecule has 0 saturated heterocycles. The Morgan fingerprint density at radius 3 is 2.11 bits per heavy atom. The van der Waals surface area contributed by atoms with Gasteiger partial charge in [-0.15, -0.1) is 0 Å². The quantitative estimate of drug-likeness (QED) is 0.835. The van der Waals surface area contributed by atoms with Crippen molar-refractivity contribution in [3.8, 4) is 0 Å². The summed E-state index contributed by atoms with van der Waals surface area (Å²) in [6, 6.07) is 9.08. The van der Waals surface area contributed by atoms with Gasteiger partial charge in [0.25, 0.3) is 0 Å². The topological polar surface area (TPSA) is 26.0 Å². The number of nitrogens with two attached hydrogens (primary N) is 1. The maximum absolute atomic E-state index is 6.58. The van der Waals surface area contributed by atoms with E-state index in [1.807, 2.05) is 0 Å². The molecular formula is C18H29N. The van der Waals surface area contributed by atoms with Gasteiger partial charge in [-0.2, -0.15) is 0 Å². The molecule has 0 amide bonds. The summed E-state index contributed by atoms with van der Waals surface area (Å²) in [4.78, 5) is 0. The summed E-state index contributed by atoms with van der Waals surface area (Å²) < 4.78 is 0. The fraction of sp³-hybridized carbons (Fsp3) is 0.667. The zero-order chi connectivity index (χ0) is 14.1. The van der Waals surface area contributed by atoms with Crippen LogP contribution in [-0.4, -0.2) is 5.54 Å². The van der Waals surface area contributed by atoms with E-state index in [0.717, 1.165) is 12.3 Å². The number of rotatable bonds is 2. The molecule has 0 bridgehead atoms. The number of hydrogen-bond acceptors (Lipinski definition) is 1. The van der Waals surface area contributed by atoms with Crippen LogP contribution in [-0.2, 0) is 11.8 Å². The van der Waals surface area contributed by atoms with Gasteiger partial charge in [-0.1, -0.05) is 52.0 Å². The van der Waals surface area contributed by atoms with Crippen LogP contribution in [0.25, 0.3) is 0 Å². The fourth-order valence-electron chi connectivity index (χ4n) is 3.04. The molecule has 0 atom stereocenters. The van der Waals surface area contributed by atoms with Gasteiger partial charge in [-0.25, -0.2) is 0 Å². The predicted molar refractivity (Wildman–Crippen MR) is 83.4 cm³/mol. The molecule has 0 aliphatic heterocycles. The lowest BCUT2D eigenvalue weighted by Crippen LogP contribution is -2.45. The molecule has 0 spiro atoms. The third kappa shape index (κ3) is 3.82. The zero-order valence-corrected chi connectivity index (χ0v) is 13.0. The average Bonchev–Trinajstić information content (AvgIpc) is 2.33. The average molecular weight is 259 g/mol. The van der Waals surface area contributed by atoms with Gasteiger partial charge in [-0.05, 0) is 54.6 Å². The molecule has 1 heteroatoms. The molecule has 0 heterocycles. The van der Waals surface area contributed by atoms with Crippen LogP contribution in [0.3, 0.4) is 0 Å². The maximum atomic E-state index is 6.58. The van der Waals surface area contributed by atoms with Crippen LogP contribution < -0.4 is 5.73 Å². The van der Waals surface area contributed by atoms with Crippen molar-refractivity contribution < 1.29 is 0 Å². The lowest BCUT2D eigenvalue weighted by atomic mass is 9.74. The first kappa shape index (κ1) is 14.6. The molecule has 1 aromatic carbocycles. The monoisotopic (exact) mass is 259 g/mol. The van der Waals surface area contributed by atoms with Crippen LogP contribution in [0.1, 0.15) is 64.5 Å². The maximum Gasteiger partial charge on any atom is 0.0195 e. The van der Waals surface area contributed by atoms with E-state index >= 15 is 0 Å². The molecule has 1 aromatic rings. The first-order valence-electron chi connectivity index (χ1n) is 7.67. The molecule has 19 heavy (non-hydrogen) atoms. The standard InChI is InChI=1S/C18H29N/c1-14-9-11-18(19,12-10-14)13-15-5-7-16(8-6-15)17(2,3)4/h5-8,14H,9-13,19H2,1-4H3. The Bertz CT molecular complexity index is 402. The minimum atomic E-state index is 0.0375. The molecule has 1 nitrogen and oxygen atoms in total. The Kier molecular flexibility index (Phi) is 4.06. The highest BCUT2D eigenvalue weighted by atomic mass is 14.7.